The summed E-state index contributed by atoms with van der Waals surface area (Å²) in [5.41, 5.74) is -2.38. The smallest absolute Gasteiger partial charge is 0.309 e. The highest BCUT2D eigenvalue weighted by atomic mass is 16.6. The molecule has 0 aromatic carbocycles. The monoisotopic (exact) mass is 364 g/mol. The third kappa shape index (κ3) is 5.80. The van der Waals surface area contributed by atoms with Gasteiger partial charge in [-0.1, -0.05) is 40.7 Å². The summed E-state index contributed by atoms with van der Waals surface area (Å²) >= 11 is 0. The van der Waals surface area contributed by atoms with Crippen molar-refractivity contribution in [2.45, 2.75) is 73.0 Å². The van der Waals surface area contributed by atoms with Crippen LogP contribution in [0.4, 0.5) is 5.82 Å². The van der Waals surface area contributed by atoms with Crippen LogP contribution in [0.1, 0.15) is 67.4 Å². The molecule has 0 saturated carbocycles. The van der Waals surface area contributed by atoms with E-state index in [0.29, 0.717) is 5.56 Å². The highest BCUT2D eigenvalue weighted by Gasteiger charge is 2.40. The quantitative estimate of drug-likeness (QED) is 0.779. The predicted octanol–water partition coefficient (Wildman–Crippen LogP) is 3.64. The fraction of sp³-hybridized carbons (Fsp3) is 0.650. The number of hydrogen-bond donors (Lipinski definition) is 2. The number of rotatable bonds is 5. The van der Waals surface area contributed by atoms with E-state index < -0.39 is 22.6 Å². The van der Waals surface area contributed by atoms with E-state index in [1.54, 1.807) is 53.7 Å². The SMILES string of the molecule is CC(C)C(O)(CC(=O)OC(C)(C)C)c1cccnc1NC(=O)C(C)(C)C. The average molecular weight is 364 g/mol. The molecule has 1 amide bonds. The summed E-state index contributed by atoms with van der Waals surface area (Å²) in [6, 6.07) is 3.35. The molecule has 6 heteroatoms. The van der Waals surface area contributed by atoms with Crippen molar-refractivity contribution >= 4 is 17.7 Å². The fourth-order valence-electron chi connectivity index (χ4n) is 2.36. The zero-order valence-corrected chi connectivity index (χ0v) is 17.1. The maximum Gasteiger partial charge on any atom is 0.309 e. The van der Waals surface area contributed by atoms with Crippen molar-refractivity contribution < 1.29 is 19.4 Å². The molecule has 2 N–H and O–H groups in total. The van der Waals surface area contributed by atoms with Gasteiger partial charge in [0, 0.05) is 17.2 Å². The maximum atomic E-state index is 12.4. The second-order valence-corrected chi connectivity index (χ2v) is 8.95. The number of aliphatic hydroxyl groups is 1. The van der Waals surface area contributed by atoms with Crippen molar-refractivity contribution in [2.75, 3.05) is 5.32 Å². The van der Waals surface area contributed by atoms with Gasteiger partial charge >= 0.3 is 5.97 Å². The van der Waals surface area contributed by atoms with E-state index in [1.807, 2.05) is 13.8 Å². The van der Waals surface area contributed by atoms with Gasteiger partial charge in [0.25, 0.3) is 0 Å². The number of carbonyl (C=O) groups is 2. The Labute approximate surface area is 156 Å². The molecule has 1 aromatic rings. The van der Waals surface area contributed by atoms with E-state index in [0.717, 1.165) is 0 Å². The van der Waals surface area contributed by atoms with Crippen molar-refractivity contribution in [1.29, 1.82) is 0 Å². The summed E-state index contributed by atoms with van der Waals surface area (Å²) < 4.78 is 5.37. The van der Waals surface area contributed by atoms with Crippen LogP contribution in [0.25, 0.3) is 0 Å². The Morgan fingerprint density at radius 2 is 1.77 bits per heavy atom. The molecule has 1 atom stereocenters. The van der Waals surface area contributed by atoms with Gasteiger partial charge in [-0.15, -0.1) is 0 Å². The number of ether oxygens (including phenoxy) is 1. The zero-order valence-electron chi connectivity index (χ0n) is 17.1. The summed E-state index contributed by atoms with van der Waals surface area (Å²) in [4.78, 5) is 28.9. The van der Waals surface area contributed by atoms with Gasteiger partial charge in [0.2, 0.25) is 5.91 Å². The number of aromatic nitrogens is 1. The molecule has 0 fully saturated rings. The van der Waals surface area contributed by atoms with Crippen molar-refractivity contribution in [3.05, 3.63) is 23.9 Å². The van der Waals surface area contributed by atoms with Gasteiger partial charge in [-0.25, -0.2) is 4.98 Å². The molecule has 0 radical (unpaired) electrons. The second kappa shape index (κ2) is 7.74. The number of nitrogens with one attached hydrogen (secondary N) is 1. The maximum absolute atomic E-state index is 12.4. The Hall–Kier alpha value is -1.95. The van der Waals surface area contributed by atoms with E-state index in [-0.39, 0.29) is 24.1 Å². The largest absolute Gasteiger partial charge is 0.460 e. The van der Waals surface area contributed by atoms with E-state index in [2.05, 4.69) is 10.3 Å². The van der Waals surface area contributed by atoms with Crippen LogP contribution in [0.2, 0.25) is 0 Å². The number of pyridine rings is 1. The molecule has 0 aliphatic rings. The van der Waals surface area contributed by atoms with E-state index in [1.165, 1.54) is 6.20 Å². The number of anilines is 1. The summed E-state index contributed by atoms with van der Waals surface area (Å²) in [6.45, 7) is 14.3. The minimum atomic E-state index is -1.52. The minimum absolute atomic E-state index is 0.221. The topological polar surface area (TPSA) is 88.5 Å². The van der Waals surface area contributed by atoms with Crippen molar-refractivity contribution in [3.8, 4) is 0 Å². The first kappa shape index (κ1) is 22.1. The first-order chi connectivity index (χ1) is 11.7. The molecular weight excluding hydrogens is 332 g/mol. The number of nitrogens with zero attached hydrogens (tertiary/aromatic N) is 1. The van der Waals surface area contributed by atoms with Crippen LogP contribution < -0.4 is 5.32 Å². The molecule has 1 heterocycles. The summed E-state index contributed by atoms with van der Waals surface area (Å²) in [6.07, 6.45) is 1.31. The lowest BCUT2D eigenvalue weighted by Crippen LogP contribution is -2.39. The highest BCUT2D eigenvalue weighted by Crippen LogP contribution is 2.37. The van der Waals surface area contributed by atoms with Crippen LogP contribution in [0.15, 0.2) is 18.3 Å². The first-order valence-corrected chi connectivity index (χ1v) is 8.88. The molecule has 0 aliphatic heterocycles. The van der Waals surface area contributed by atoms with E-state index in [9.17, 15) is 14.7 Å². The van der Waals surface area contributed by atoms with Gasteiger partial charge < -0.3 is 15.2 Å². The highest BCUT2D eigenvalue weighted by molar-refractivity contribution is 5.94. The lowest BCUT2D eigenvalue weighted by Gasteiger charge is -2.34. The molecule has 0 bridgehead atoms. The standard InChI is InChI=1S/C20H32N2O4/c1-13(2)20(25,12-15(23)26-19(6,7)8)14-10-9-11-21-16(14)22-17(24)18(3,4)5/h9-11,13,25H,12H2,1-8H3,(H,21,22,24). The number of esters is 1. The van der Waals surface area contributed by atoms with Crippen LogP contribution in [0, 0.1) is 11.3 Å². The zero-order chi connectivity index (χ0) is 20.3. The van der Waals surface area contributed by atoms with Crippen LogP contribution in [-0.2, 0) is 19.9 Å². The average Bonchev–Trinajstić information content (AvgIpc) is 2.44. The van der Waals surface area contributed by atoms with Crippen LogP contribution in [0.3, 0.4) is 0 Å². The minimum Gasteiger partial charge on any atom is -0.460 e. The fourth-order valence-corrected chi connectivity index (χ4v) is 2.36. The Balaban J connectivity index is 3.25. The molecule has 0 saturated heterocycles. The molecule has 26 heavy (non-hydrogen) atoms. The van der Waals surface area contributed by atoms with Gasteiger partial charge in [-0.3, -0.25) is 9.59 Å². The molecule has 146 valence electrons. The van der Waals surface area contributed by atoms with Crippen molar-refractivity contribution in [1.82, 2.24) is 4.98 Å². The summed E-state index contributed by atoms with van der Waals surface area (Å²) in [5, 5.41) is 14.1. The van der Waals surface area contributed by atoms with Gasteiger partial charge in [-0.05, 0) is 32.8 Å². The Bertz CT molecular complexity index is 657. The van der Waals surface area contributed by atoms with Crippen LogP contribution >= 0.6 is 0 Å². The van der Waals surface area contributed by atoms with Gasteiger partial charge in [-0.2, -0.15) is 0 Å². The number of hydrogen-bond acceptors (Lipinski definition) is 5. The second-order valence-electron chi connectivity index (χ2n) is 8.95. The molecule has 6 nitrogen and oxygen atoms in total. The molecule has 1 unspecified atom stereocenters. The predicted molar refractivity (Wildman–Crippen MR) is 102 cm³/mol. The lowest BCUT2D eigenvalue weighted by atomic mass is 9.80. The van der Waals surface area contributed by atoms with Crippen LogP contribution in [-0.4, -0.2) is 27.6 Å². The van der Waals surface area contributed by atoms with Gasteiger partial charge in [0.15, 0.2) is 0 Å². The normalized spacial score (nSPS) is 14.7. The summed E-state index contributed by atoms with van der Waals surface area (Å²) in [5.74, 6) is -0.775. The summed E-state index contributed by atoms with van der Waals surface area (Å²) in [7, 11) is 0. The number of amides is 1. The lowest BCUT2D eigenvalue weighted by molar-refractivity contribution is -0.162. The van der Waals surface area contributed by atoms with E-state index >= 15 is 0 Å². The molecular formula is C20H32N2O4. The molecule has 1 aromatic heterocycles. The van der Waals surface area contributed by atoms with Gasteiger partial charge in [0.1, 0.15) is 17.0 Å². The third-order valence-electron chi connectivity index (χ3n) is 3.98. The van der Waals surface area contributed by atoms with Gasteiger partial charge in [0.05, 0.1) is 6.42 Å². The van der Waals surface area contributed by atoms with Crippen LogP contribution in [0.5, 0.6) is 0 Å². The third-order valence-corrected chi connectivity index (χ3v) is 3.98. The van der Waals surface area contributed by atoms with Crippen molar-refractivity contribution in [2.24, 2.45) is 11.3 Å². The Morgan fingerprint density at radius 1 is 1.19 bits per heavy atom. The Morgan fingerprint density at radius 3 is 2.23 bits per heavy atom. The first-order valence-electron chi connectivity index (χ1n) is 8.88. The Kier molecular flexibility index (Phi) is 6.58. The van der Waals surface area contributed by atoms with Crippen molar-refractivity contribution in [3.63, 3.8) is 0 Å². The molecule has 1 rings (SSSR count). The molecule has 0 spiro atoms. The molecule has 0 aliphatic carbocycles. The van der Waals surface area contributed by atoms with E-state index in [4.69, 9.17) is 4.74 Å². The number of carbonyl (C=O) groups excluding carboxylic acids is 2.